The van der Waals surface area contributed by atoms with Crippen LogP contribution in [0.1, 0.15) is 29.8 Å². The maximum Gasteiger partial charge on any atom is 0.204 e. The quantitative estimate of drug-likeness (QED) is 0.439. The molecule has 3 rings (SSSR count). The van der Waals surface area contributed by atoms with E-state index in [0.717, 1.165) is 23.5 Å². The van der Waals surface area contributed by atoms with Gasteiger partial charge in [0.05, 0.1) is 0 Å². The number of carbonyl (C=O) groups excluding carboxylic acids is 1. The molecule has 128 valence electrons. The molecule has 2 aromatic rings. The number of fused-ring (bicyclic) bond motifs is 1. The lowest BCUT2D eigenvalue weighted by molar-refractivity contribution is 0.103. The number of rotatable bonds is 4. The normalized spacial score (nSPS) is 15.3. The third-order valence-electron chi connectivity index (χ3n) is 4.39. The van der Waals surface area contributed by atoms with Gasteiger partial charge in [-0.1, -0.05) is 54.6 Å². The zero-order valence-electron chi connectivity index (χ0n) is 14.9. The molecule has 2 aromatic carbocycles. The Morgan fingerprint density at radius 1 is 1.12 bits per heavy atom. The molecule has 0 spiro atoms. The van der Waals surface area contributed by atoms with E-state index in [0.29, 0.717) is 11.1 Å². The molecule has 0 atom stereocenters. The summed E-state index contributed by atoms with van der Waals surface area (Å²) in [6.07, 6.45) is 5.90. The van der Waals surface area contributed by atoms with Crippen LogP contribution in [-0.2, 0) is 0 Å². The second kappa shape index (κ2) is 7.67. The highest BCUT2D eigenvalue weighted by Crippen LogP contribution is 2.38. The third-order valence-corrected chi connectivity index (χ3v) is 4.39. The summed E-state index contributed by atoms with van der Waals surface area (Å²) in [7, 11) is 0. The van der Waals surface area contributed by atoms with Gasteiger partial charge in [0.15, 0.2) is 0 Å². The van der Waals surface area contributed by atoms with Gasteiger partial charge in [-0.25, -0.2) is 0 Å². The van der Waals surface area contributed by atoms with Crippen molar-refractivity contribution >= 4 is 17.0 Å². The van der Waals surface area contributed by atoms with Crippen LogP contribution in [0.5, 0.6) is 0 Å². The molecule has 0 saturated heterocycles. The number of hydrogen-bond acceptors (Lipinski definition) is 3. The smallest absolute Gasteiger partial charge is 0.204 e. The number of ketones is 1. The number of nitrogens with zero attached hydrogens (tertiary/aromatic N) is 2. The van der Waals surface area contributed by atoms with Crippen LogP contribution in [0.2, 0.25) is 0 Å². The van der Waals surface area contributed by atoms with Crippen LogP contribution in [0, 0.1) is 11.3 Å². The van der Waals surface area contributed by atoms with Crippen LogP contribution in [0.25, 0.3) is 5.57 Å². The maximum atomic E-state index is 13.0. The number of allylic oxidation sites excluding steroid dienone is 5. The first-order valence-electron chi connectivity index (χ1n) is 8.66. The second-order valence-electron chi connectivity index (χ2n) is 5.93. The first-order chi connectivity index (χ1) is 12.7. The summed E-state index contributed by atoms with van der Waals surface area (Å²) in [5, 5.41) is 9.79. The fourth-order valence-corrected chi connectivity index (χ4v) is 3.22. The lowest BCUT2D eigenvalue weighted by Crippen LogP contribution is -2.25. The minimum atomic E-state index is -0.251. The van der Waals surface area contributed by atoms with Gasteiger partial charge in [-0.05, 0) is 32.1 Å². The largest absolute Gasteiger partial charge is 0.341 e. The minimum Gasteiger partial charge on any atom is -0.341 e. The molecule has 0 amide bonds. The number of benzene rings is 2. The van der Waals surface area contributed by atoms with E-state index in [1.807, 2.05) is 67.6 Å². The van der Waals surface area contributed by atoms with E-state index >= 15 is 0 Å². The van der Waals surface area contributed by atoms with Gasteiger partial charge in [0.1, 0.15) is 11.6 Å². The zero-order chi connectivity index (χ0) is 18.5. The predicted molar refractivity (Wildman–Crippen MR) is 106 cm³/mol. The van der Waals surface area contributed by atoms with Crippen LogP contribution in [0.4, 0.5) is 5.69 Å². The third kappa shape index (κ3) is 3.10. The van der Waals surface area contributed by atoms with Gasteiger partial charge in [0.2, 0.25) is 5.78 Å². The number of carbonyl (C=O) groups is 1. The van der Waals surface area contributed by atoms with Crippen LogP contribution in [-0.4, -0.2) is 12.3 Å². The molecule has 0 aromatic heterocycles. The van der Waals surface area contributed by atoms with Crippen molar-refractivity contribution in [3.8, 4) is 6.07 Å². The number of hydrogen-bond donors (Lipinski definition) is 0. The summed E-state index contributed by atoms with van der Waals surface area (Å²) in [6, 6.07) is 19.0. The molecule has 0 unspecified atom stereocenters. The molecule has 0 radical (unpaired) electrons. The highest BCUT2D eigenvalue weighted by Gasteiger charge is 2.25. The van der Waals surface area contributed by atoms with E-state index in [4.69, 9.17) is 0 Å². The Morgan fingerprint density at radius 2 is 1.81 bits per heavy atom. The van der Waals surface area contributed by atoms with Crippen molar-refractivity contribution in [2.75, 3.05) is 11.4 Å². The van der Waals surface area contributed by atoms with E-state index in [1.165, 1.54) is 0 Å². The molecule has 0 aliphatic carbocycles. The van der Waals surface area contributed by atoms with E-state index in [2.05, 4.69) is 17.9 Å². The van der Waals surface area contributed by atoms with Crippen molar-refractivity contribution < 1.29 is 4.79 Å². The summed E-state index contributed by atoms with van der Waals surface area (Å²) in [5.41, 5.74) is 4.25. The summed E-state index contributed by atoms with van der Waals surface area (Å²) in [5.74, 6) is -0.251. The Kier molecular flexibility index (Phi) is 5.15. The molecule has 0 fully saturated rings. The Bertz CT molecular complexity index is 959. The lowest BCUT2D eigenvalue weighted by Gasteiger charge is -2.31. The molecule has 26 heavy (non-hydrogen) atoms. The Labute approximate surface area is 154 Å². The van der Waals surface area contributed by atoms with E-state index in [9.17, 15) is 10.1 Å². The summed E-state index contributed by atoms with van der Waals surface area (Å²) in [6.45, 7) is 4.84. The molecular weight excluding hydrogens is 320 g/mol. The summed E-state index contributed by atoms with van der Waals surface area (Å²) < 4.78 is 0. The fraction of sp³-hybridized carbons (Fsp3) is 0.130. The Hall–Kier alpha value is -3.38. The Balaban J connectivity index is 2.26. The highest BCUT2D eigenvalue weighted by molar-refractivity contribution is 6.18. The van der Waals surface area contributed by atoms with Crippen LogP contribution in [0.3, 0.4) is 0 Å². The topological polar surface area (TPSA) is 44.1 Å². The number of likely N-dealkylation sites (N-methyl/N-ethyl adjacent to an activating group) is 1. The molecule has 0 saturated carbocycles. The minimum absolute atomic E-state index is 0.168. The molecule has 0 bridgehead atoms. The van der Waals surface area contributed by atoms with E-state index in [1.54, 1.807) is 12.1 Å². The number of nitriles is 1. The number of para-hydroxylation sites is 1. The zero-order valence-corrected chi connectivity index (χ0v) is 14.9. The Morgan fingerprint density at radius 3 is 2.46 bits per heavy atom. The second-order valence-corrected chi connectivity index (χ2v) is 5.93. The van der Waals surface area contributed by atoms with E-state index in [-0.39, 0.29) is 11.4 Å². The van der Waals surface area contributed by atoms with Gasteiger partial charge in [-0.15, -0.1) is 0 Å². The molecule has 0 N–H and O–H groups in total. The monoisotopic (exact) mass is 340 g/mol. The molecule has 1 aliphatic rings. The van der Waals surface area contributed by atoms with Gasteiger partial charge >= 0.3 is 0 Å². The van der Waals surface area contributed by atoms with Crippen LogP contribution >= 0.6 is 0 Å². The SMILES string of the molecule is C/C=C/C1=CC(=C(/C#N)C(=O)c2ccccc2)/c2ccccc2N1CC. The summed E-state index contributed by atoms with van der Waals surface area (Å²) in [4.78, 5) is 15.1. The molecule has 3 heteroatoms. The van der Waals surface area contributed by atoms with Crippen molar-refractivity contribution in [1.82, 2.24) is 0 Å². The summed E-state index contributed by atoms with van der Waals surface area (Å²) >= 11 is 0. The number of anilines is 1. The van der Waals surface area contributed by atoms with Crippen molar-refractivity contribution in [3.63, 3.8) is 0 Å². The lowest BCUT2D eigenvalue weighted by atomic mass is 9.90. The average Bonchev–Trinajstić information content (AvgIpc) is 2.69. The van der Waals surface area contributed by atoms with Crippen molar-refractivity contribution in [3.05, 3.63) is 95.2 Å². The van der Waals surface area contributed by atoms with Crippen molar-refractivity contribution in [1.29, 1.82) is 5.26 Å². The average molecular weight is 340 g/mol. The van der Waals surface area contributed by atoms with Gasteiger partial charge in [0, 0.05) is 34.6 Å². The standard InChI is InChI=1S/C23H20N2O/c1-3-10-18-15-20(19-13-8-9-14-22(19)25(18)4-2)21(16-24)23(26)17-11-6-5-7-12-17/h3,5-15H,4H2,1-2H3/b10-3+,21-20+. The predicted octanol–water partition coefficient (Wildman–Crippen LogP) is 5.15. The highest BCUT2D eigenvalue weighted by atomic mass is 16.1. The molecular formula is C23H20N2O. The number of Topliss-reactive ketones (excluding diaryl/α,β-unsaturated/α-hetero) is 1. The van der Waals surface area contributed by atoms with Crippen LogP contribution < -0.4 is 4.90 Å². The van der Waals surface area contributed by atoms with Crippen LogP contribution in [0.15, 0.2) is 84.1 Å². The van der Waals surface area contributed by atoms with Crippen molar-refractivity contribution in [2.24, 2.45) is 0 Å². The van der Waals surface area contributed by atoms with Gasteiger partial charge < -0.3 is 4.90 Å². The maximum absolute atomic E-state index is 13.0. The van der Waals surface area contributed by atoms with E-state index < -0.39 is 0 Å². The van der Waals surface area contributed by atoms with Crippen molar-refractivity contribution in [2.45, 2.75) is 13.8 Å². The first kappa shape index (κ1) is 17.4. The molecule has 1 aliphatic heterocycles. The van der Waals surface area contributed by atoms with Gasteiger partial charge in [0.25, 0.3) is 0 Å². The van der Waals surface area contributed by atoms with Gasteiger partial charge in [-0.2, -0.15) is 5.26 Å². The fourth-order valence-electron chi connectivity index (χ4n) is 3.22. The first-order valence-corrected chi connectivity index (χ1v) is 8.66. The molecule has 1 heterocycles. The molecule has 3 nitrogen and oxygen atoms in total. The van der Waals surface area contributed by atoms with Gasteiger partial charge in [-0.3, -0.25) is 4.79 Å².